The van der Waals surface area contributed by atoms with Gasteiger partial charge in [-0.25, -0.2) is 0 Å². The van der Waals surface area contributed by atoms with Crippen molar-refractivity contribution in [3.05, 3.63) is 69.6 Å². The first-order valence-electron chi connectivity index (χ1n) is 13.3. The van der Waals surface area contributed by atoms with Gasteiger partial charge in [0, 0.05) is 51.1 Å². The smallest absolute Gasteiger partial charge is 0.259 e. The molecule has 0 bridgehead atoms. The molecule has 2 aliphatic rings. The van der Waals surface area contributed by atoms with Crippen molar-refractivity contribution in [2.45, 2.75) is 63.8 Å². The number of carbonyl (C=O) groups is 2. The molecule has 0 spiro atoms. The van der Waals surface area contributed by atoms with Crippen molar-refractivity contribution in [1.82, 2.24) is 14.8 Å². The highest BCUT2D eigenvalue weighted by molar-refractivity contribution is 5.99. The fraction of sp³-hybridized carbons (Fsp3) is 0.552. The molecule has 2 aliphatic carbocycles. The quantitative estimate of drug-likeness (QED) is 0.485. The first-order chi connectivity index (χ1) is 17.5. The van der Waals surface area contributed by atoms with Gasteiger partial charge in [-0.3, -0.25) is 14.4 Å². The number of methoxy groups -OCH3 is 1. The Bertz CT molecular complexity index is 1100. The van der Waals surface area contributed by atoms with Crippen LogP contribution in [-0.2, 0) is 16.7 Å². The number of rotatable bonds is 12. The van der Waals surface area contributed by atoms with Gasteiger partial charge in [0.2, 0.25) is 5.43 Å². The maximum atomic E-state index is 13.5. The van der Waals surface area contributed by atoms with Gasteiger partial charge in [0.15, 0.2) is 0 Å². The summed E-state index contributed by atoms with van der Waals surface area (Å²) in [5.74, 6) is -0.193. The number of amides is 2. The Balaban J connectivity index is 1.60. The molecular formula is C29H39N3O4. The lowest BCUT2D eigenvalue weighted by Gasteiger charge is -2.30. The van der Waals surface area contributed by atoms with Crippen LogP contribution in [0.1, 0.15) is 78.1 Å². The molecule has 2 saturated carbocycles. The van der Waals surface area contributed by atoms with Gasteiger partial charge in [-0.05, 0) is 43.6 Å². The second kappa shape index (κ2) is 11.9. The van der Waals surface area contributed by atoms with Gasteiger partial charge in [0.1, 0.15) is 11.1 Å². The average molecular weight is 494 g/mol. The van der Waals surface area contributed by atoms with Crippen molar-refractivity contribution >= 4 is 11.8 Å². The third kappa shape index (κ3) is 6.06. The molecule has 7 heteroatoms. The summed E-state index contributed by atoms with van der Waals surface area (Å²) in [5.41, 5.74) is 0.678. The van der Waals surface area contributed by atoms with Crippen LogP contribution < -0.4 is 10.7 Å². The summed E-state index contributed by atoms with van der Waals surface area (Å²) < 4.78 is 6.94. The topological polar surface area (TPSA) is 80.6 Å². The van der Waals surface area contributed by atoms with Crippen LogP contribution >= 0.6 is 0 Å². The molecule has 0 aliphatic heterocycles. The van der Waals surface area contributed by atoms with Crippen molar-refractivity contribution in [3.8, 4) is 0 Å². The minimum absolute atomic E-state index is 0.0148. The zero-order valence-electron chi connectivity index (χ0n) is 21.6. The summed E-state index contributed by atoms with van der Waals surface area (Å²) >= 11 is 0. The highest BCUT2D eigenvalue weighted by Gasteiger charge is 2.36. The number of nitrogens with one attached hydrogen (secondary N) is 1. The monoisotopic (exact) mass is 493 g/mol. The number of benzene rings is 1. The first-order valence-corrected chi connectivity index (χ1v) is 13.3. The van der Waals surface area contributed by atoms with Crippen molar-refractivity contribution in [1.29, 1.82) is 0 Å². The second-order valence-electron chi connectivity index (χ2n) is 10.4. The Hall–Kier alpha value is -2.93. The van der Waals surface area contributed by atoms with Crippen molar-refractivity contribution < 1.29 is 14.3 Å². The molecule has 0 saturated heterocycles. The Morgan fingerprint density at radius 3 is 2.44 bits per heavy atom. The Morgan fingerprint density at radius 1 is 1.11 bits per heavy atom. The van der Waals surface area contributed by atoms with E-state index in [1.807, 2.05) is 25.1 Å². The summed E-state index contributed by atoms with van der Waals surface area (Å²) in [6, 6.07) is 10.3. The number of aromatic nitrogens is 1. The minimum Gasteiger partial charge on any atom is -0.383 e. The van der Waals surface area contributed by atoms with E-state index in [4.69, 9.17) is 4.74 Å². The molecule has 1 aromatic carbocycles. The van der Waals surface area contributed by atoms with Crippen LogP contribution in [0.25, 0.3) is 0 Å². The molecule has 36 heavy (non-hydrogen) atoms. The maximum absolute atomic E-state index is 13.5. The fourth-order valence-electron chi connectivity index (χ4n) is 5.35. The summed E-state index contributed by atoms with van der Waals surface area (Å²) in [7, 11) is 1.60. The van der Waals surface area contributed by atoms with E-state index in [2.05, 4.69) is 17.4 Å². The molecule has 0 atom stereocenters. The molecule has 7 nitrogen and oxygen atoms in total. The summed E-state index contributed by atoms with van der Waals surface area (Å²) in [4.78, 5) is 42.1. The lowest BCUT2D eigenvalue weighted by Crippen LogP contribution is -2.42. The number of pyridine rings is 1. The van der Waals surface area contributed by atoms with Crippen molar-refractivity contribution in [2.75, 3.05) is 33.4 Å². The zero-order valence-corrected chi connectivity index (χ0v) is 21.6. The second-order valence-corrected chi connectivity index (χ2v) is 10.4. The highest BCUT2D eigenvalue weighted by Crippen LogP contribution is 2.40. The molecule has 2 fully saturated rings. The molecule has 0 radical (unpaired) electrons. The third-order valence-corrected chi connectivity index (χ3v) is 7.60. The Morgan fingerprint density at radius 2 is 1.81 bits per heavy atom. The van der Waals surface area contributed by atoms with Gasteiger partial charge in [0.05, 0.1) is 6.61 Å². The molecule has 1 aromatic heterocycles. The number of nitrogens with zero attached hydrogens (tertiary/aromatic N) is 2. The standard InChI is InChI=1S/C29H39N3O4/c1-3-15-32(18-22-11-12-22)28(35)25-20-31(16-17-36-2)19-24(26(25)33)27(34)30-21-29(13-7-8-14-29)23-9-5-4-6-10-23/h4-6,9-10,19-20,22H,3,7-8,11-18,21H2,1-2H3,(H,30,34). The van der Waals surface area contributed by atoms with Crippen molar-refractivity contribution in [3.63, 3.8) is 0 Å². The van der Waals surface area contributed by atoms with Crippen LogP contribution in [0.15, 0.2) is 47.5 Å². The molecule has 2 amide bonds. The Kier molecular flexibility index (Phi) is 8.62. The van der Waals surface area contributed by atoms with Crippen LogP contribution in [0.3, 0.4) is 0 Å². The van der Waals surface area contributed by atoms with E-state index in [1.54, 1.807) is 29.0 Å². The van der Waals surface area contributed by atoms with Crippen LogP contribution in [-0.4, -0.2) is 54.6 Å². The number of ether oxygens (including phenoxy) is 1. The van der Waals surface area contributed by atoms with E-state index in [-0.39, 0.29) is 22.4 Å². The third-order valence-electron chi connectivity index (χ3n) is 7.60. The molecule has 0 unspecified atom stereocenters. The number of hydrogen-bond acceptors (Lipinski definition) is 4. The van der Waals surface area contributed by atoms with Crippen LogP contribution in [0, 0.1) is 5.92 Å². The minimum atomic E-state index is -0.497. The summed E-state index contributed by atoms with van der Waals surface area (Å²) in [5, 5.41) is 3.06. The predicted octanol–water partition coefficient (Wildman–Crippen LogP) is 4.00. The lowest BCUT2D eigenvalue weighted by molar-refractivity contribution is 0.0745. The summed E-state index contributed by atoms with van der Waals surface area (Å²) in [6.07, 6.45) is 10.4. The molecule has 1 heterocycles. The van der Waals surface area contributed by atoms with E-state index in [1.165, 1.54) is 5.56 Å². The van der Waals surface area contributed by atoms with Crippen LogP contribution in [0.5, 0.6) is 0 Å². The van der Waals surface area contributed by atoms with E-state index in [0.29, 0.717) is 38.7 Å². The van der Waals surface area contributed by atoms with Gasteiger partial charge in [0.25, 0.3) is 11.8 Å². The molecule has 194 valence electrons. The molecule has 4 rings (SSSR count). The van der Waals surface area contributed by atoms with Gasteiger partial charge in [-0.2, -0.15) is 0 Å². The fourth-order valence-corrected chi connectivity index (χ4v) is 5.35. The van der Waals surface area contributed by atoms with Gasteiger partial charge < -0.3 is 19.5 Å². The number of hydrogen-bond donors (Lipinski definition) is 1. The number of carbonyl (C=O) groups excluding carboxylic acids is 2. The first kappa shape index (κ1) is 26.1. The highest BCUT2D eigenvalue weighted by atomic mass is 16.5. The maximum Gasteiger partial charge on any atom is 0.259 e. The van der Waals surface area contributed by atoms with Crippen LogP contribution in [0.4, 0.5) is 0 Å². The van der Waals surface area contributed by atoms with Gasteiger partial charge in [-0.1, -0.05) is 50.1 Å². The van der Waals surface area contributed by atoms with Crippen LogP contribution in [0.2, 0.25) is 0 Å². The van der Waals surface area contributed by atoms with E-state index >= 15 is 0 Å². The molecule has 1 N–H and O–H groups in total. The zero-order chi connectivity index (χ0) is 25.5. The van der Waals surface area contributed by atoms with E-state index in [9.17, 15) is 14.4 Å². The van der Waals surface area contributed by atoms with Gasteiger partial charge >= 0.3 is 0 Å². The average Bonchev–Trinajstić information content (AvgIpc) is 3.59. The Labute approximate surface area is 213 Å². The van der Waals surface area contributed by atoms with E-state index in [0.717, 1.165) is 44.9 Å². The normalized spacial score (nSPS) is 16.6. The van der Waals surface area contributed by atoms with Crippen molar-refractivity contribution in [2.24, 2.45) is 5.92 Å². The molecular weight excluding hydrogens is 454 g/mol. The predicted molar refractivity (Wildman–Crippen MR) is 140 cm³/mol. The SMILES string of the molecule is CCCN(CC1CC1)C(=O)c1cn(CCOC)cc(C(=O)NCC2(c3ccccc3)CCCC2)c1=O. The largest absolute Gasteiger partial charge is 0.383 e. The van der Waals surface area contributed by atoms with Gasteiger partial charge in [-0.15, -0.1) is 0 Å². The summed E-state index contributed by atoms with van der Waals surface area (Å²) in [6.45, 7) is 4.62. The molecule has 2 aromatic rings. The lowest BCUT2D eigenvalue weighted by atomic mass is 9.79. The van der Waals surface area contributed by atoms with E-state index < -0.39 is 11.3 Å².